The number of aromatic amines is 1. The van der Waals surface area contributed by atoms with Gasteiger partial charge < -0.3 is 14.2 Å². The number of aromatic nitrogens is 3. The van der Waals surface area contributed by atoms with Crippen molar-refractivity contribution in [3.05, 3.63) is 51.1 Å². The molecule has 3 aromatic rings. The molecule has 6 rings (SSSR count). The van der Waals surface area contributed by atoms with Gasteiger partial charge in [0.25, 0.3) is 5.56 Å². The lowest BCUT2D eigenvalue weighted by Gasteiger charge is -2.28. The summed E-state index contributed by atoms with van der Waals surface area (Å²) >= 11 is 0. The van der Waals surface area contributed by atoms with E-state index in [0.717, 1.165) is 78.4 Å². The first-order valence-corrected chi connectivity index (χ1v) is 11.5. The predicted octanol–water partition coefficient (Wildman–Crippen LogP) is 2.98. The molecule has 0 amide bonds. The summed E-state index contributed by atoms with van der Waals surface area (Å²) in [6.45, 7) is 5.73. The minimum atomic E-state index is 0.0423. The number of hydrogen-bond acceptors (Lipinski definition) is 6. The summed E-state index contributed by atoms with van der Waals surface area (Å²) in [7, 11) is 0. The zero-order valence-electron chi connectivity index (χ0n) is 18.5. The molecule has 5 heterocycles. The quantitative estimate of drug-likeness (QED) is 0.662. The van der Waals surface area contributed by atoms with Gasteiger partial charge in [0.05, 0.1) is 12.3 Å². The zero-order chi connectivity index (χ0) is 21.8. The fraction of sp³-hybridized carbons (Fsp3) is 0.500. The van der Waals surface area contributed by atoms with E-state index >= 15 is 0 Å². The van der Waals surface area contributed by atoms with Crippen molar-refractivity contribution in [2.24, 2.45) is 0 Å². The highest BCUT2D eigenvalue weighted by Gasteiger charge is 2.39. The smallest absolute Gasteiger partial charge is 0.276 e. The van der Waals surface area contributed by atoms with E-state index in [2.05, 4.69) is 23.0 Å². The van der Waals surface area contributed by atoms with Gasteiger partial charge in [0.1, 0.15) is 5.75 Å². The molecule has 0 radical (unpaired) electrons. The normalized spacial score (nSPS) is 21.7. The number of benzene rings is 1. The van der Waals surface area contributed by atoms with Gasteiger partial charge in [0.15, 0.2) is 17.1 Å². The van der Waals surface area contributed by atoms with Gasteiger partial charge in [0.2, 0.25) is 6.79 Å². The summed E-state index contributed by atoms with van der Waals surface area (Å²) in [6, 6.07) is 6.63. The first kappa shape index (κ1) is 19.7. The second-order valence-corrected chi connectivity index (χ2v) is 9.10. The number of rotatable bonds is 5. The van der Waals surface area contributed by atoms with E-state index in [1.807, 2.05) is 19.1 Å². The molecule has 0 aliphatic carbocycles. The van der Waals surface area contributed by atoms with Crippen LogP contribution < -0.4 is 19.8 Å². The highest BCUT2D eigenvalue weighted by atomic mass is 16.7. The highest BCUT2D eigenvalue weighted by Crippen LogP contribution is 2.41. The summed E-state index contributed by atoms with van der Waals surface area (Å²) < 4.78 is 18.9. The molecule has 1 fully saturated rings. The van der Waals surface area contributed by atoms with Crippen molar-refractivity contribution in [3.8, 4) is 17.2 Å². The number of H-pyrrole nitrogens is 1. The highest BCUT2D eigenvalue weighted by molar-refractivity contribution is 5.52. The van der Waals surface area contributed by atoms with E-state index in [1.54, 1.807) is 4.52 Å². The molecule has 0 spiro atoms. The summed E-state index contributed by atoms with van der Waals surface area (Å²) in [4.78, 5) is 20.6. The third kappa shape index (κ3) is 3.16. The fourth-order valence-corrected chi connectivity index (χ4v) is 5.40. The molecule has 2 bridgehead atoms. The van der Waals surface area contributed by atoms with Crippen molar-refractivity contribution < 1.29 is 14.2 Å². The maximum Gasteiger partial charge on any atom is 0.276 e. The molecular weight excluding hydrogens is 408 g/mol. The van der Waals surface area contributed by atoms with E-state index in [1.165, 1.54) is 0 Å². The molecule has 2 atom stereocenters. The molecular formula is C24H28N4O4. The molecule has 8 nitrogen and oxygen atoms in total. The van der Waals surface area contributed by atoms with Gasteiger partial charge in [-0.2, -0.15) is 0 Å². The number of hydrogen-bond donors (Lipinski definition) is 1. The summed E-state index contributed by atoms with van der Waals surface area (Å²) in [5.41, 5.74) is 4.62. The van der Waals surface area contributed by atoms with E-state index in [9.17, 15) is 4.79 Å². The number of nitrogens with one attached hydrogen (secondary N) is 1. The van der Waals surface area contributed by atoms with Gasteiger partial charge in [-0.1, -0.05) is 6.92 Å². The maximum absolute atomic E-state index is 13.2. The summed E-state index contributed by atoms with van der Waals surface area (Å²) in [5, 5.41) is 3.13. The summed E-state index contributed by atoms with van der Waals surface area (Å²) in [5.74, 6) is 2.38. The zero-order valence-corrected chi connectivity index (χ0v) is 18.5. The minimum Gasteiger partial charge on any atom is -0.493 e. The fourth-order valence-electron chi connectivity index (χ4n) is 5.40. The Bertz CT molecular complexity index is 1250. The third-order valence-corrected chi connectivity index (χ3v) is 6.93. The van der Waals surface area contributed by atoms with E-state index in [4.69, 9.17) is 19.2 Å². The number of ether oxygens (including phenoxy) is 3. The standard InChI is InChI=1S/C24H28N4O4/c1-3-6-30-20-11-22-21(31-13-32-22)8-15(20)12-27-16-4-5-17(27)10-19-18(9-16)24(29)28-23(25-19)7-14(2)26-28/h7-8,11,16-17,26H,3-6,9-10,12-13H2,1-2H3/t16-,17-/m0/s1. The van der Waals surface area contributed by atoms with Crippen molar-refractivity contribution in [2.45, 2.75) is 64.6 Å². The number of nitrogens with zero attached hydrogens (tertiary/aromatic N) is 3. The number of fused-ring (bicyclic) bond motifs is 5. The van der Waals surface area contributed by atoms with Crippen molar-refractivity contribution in [1.82, 2.24) is 19.5 Å². The lowest BCUT2D eigenvalue weighted by atomic mass is 9.98. The van der Waals surface area contributed by atoms with Crippen LogP contribution in [0.5, 0.6) is 17.2 Å². The Hall–Kier alpha value is -3.00. The van der Waals surface area contributed by atoms with Gasteiger partial charge in [-0.15, -0.1) is 0 Å². The Kier molecular flexibility index (Phi) is 4.64. The lowest BCUT2D eigenvalue weighted by molar-refractivity contribution is 0.173. The molecule has 32 heavy (non-hydrogen) atoms. The van der Waals surface area contributed by atoms with Crippen molar-refractivity contribution in [2.75, 3.05) is 13.4 Å². The molecule has 1 aromatic carbocycles. The Morgan fingerprint density at radius 3 is 2.75 bits per heavy atom. The Balaban J connectivity index is 1.34. The summed E-state index contributed by atoms with van der Waals surface area (Å²) in [6.07, 6.45) is 4.69. The molecule has 168 valence electrons. The van der Waals surface area contributed by atoms with Gasteiger partial charge in [0, 0.05) is 54.0 Å². The van der Waals surface area contributed by atoms with Crippen LogP contribution in [0.2, 0.25) is 0 Å². The van der Waals surface area contributed by atoms with Crippen LogP contribution in [0, 0.1) is 6.92 Å². The maximum atomic E-state index is 13.2. The Labute approximate surface area is 186 Å². The van der Waals surface area contributed by atoms with Crippen molar-refractivity contribution in [3.63, 3.8) is 0 Å². The van der Waals surface area contributed by atoms with Crippen molar-refractivity contribution in [1.29, 1.82) is 0 Å². The van der Waals surface area contributed by atoms with E-state index in [0.29, 0.717) is 24.3 Å². The van der Waals surface area contributed by atoms with E-state index < -0.39 is 0 Å². The third-order valence-electron chi connectivity index (χ3n) is 6.93. The number of aryl methyl sites for hydroxylation is 1. The molecule has 0 saturated carbocycles. The molecule has 2 aromatic heterocycles. The Morgan fingerprint density at radius 1 is 1.16 bits per heavy atom. The van der Waals surface area contributed by atoms with E-state index in [-0.39, 0.29) is 12.4 Å². The van der Waals surface area contributed by atoms with Crippen LogP contribution in [0.3, 0.4) is 0 Å². The predicted molar refractivity (Wildman–Crippen MR) is 119 cm³/mol. The lowest BCUT2D eigenvalue weighted by Crippen LogP contribution is -2.36. The first-order chi connectivity index (χ1) is 15.6. The van der Waals surface area contributed by atoms with Crippen LogP contribution in [0.4, 0.5) is 0 Å². The second kappa shape index (κ2) is 7.55. The van der Waals surface area contributed by atoms with Gasteiger partial charge in [-0.25, -0.2) is 9.50 Å². The molecule has 0 unspecified atom stereocenters. The SMILES string of the molecule is CCCOc1cc2c(cc1CN1[C@H]3CC[C@H]1Cc1c(nc4cc(C)[nH]n4c1=O)C3)OCO2. The van der Waals surface area contributed by atoms with Crippen LogP contribution in [-0.2, 0) is 19.4 Å². The van der Waals surface area contributed by atoms with Gasteiger partial charge in [-0.05, 0) is 38.7 Å². The van der Waals surface area contributed by atoms with Crippen LogP contribution in [0.25, 0.3) is 5.65 Å². The van der Waals surface area contributed by atoms with Gasteiger partial charge in [-0.3, -0.25) is 14.8 Å². The van der Waals surface area contributed by atoms with Crippen LogP contribution in [0.1, 0.15) is 48.7 Å². The van der Waals surface area contributed by atoms with Crippen LogP contribution in [0.15, 0.2) is 23.0 Å². The topological polar surface area (TPSA) is 81.1 Å². The average Bonchev–Trinajstić information content (AvgIpc) is 3.44. The minimum absolute atomic E-state index is 0.0423. The van der Waals surface area contributed by atoms with Crippen LogP contribution in [-0.4, -0.2) is 45.0 Å². The monoisotopic (exact) mass is 436 g/mol. The van der Waals surface area contributed by atoms with Crippen molar-refractivity contribution >= 4 is 5.65 Å². The molecule has 1 saturated heterocycles. The molecule has 8 heteroatoms. The Morgan fingerprint density at radius 2 is 1.94 bits per heavy atom. The largest absolute Gasteiger partial charge is 0.493 e. The molecule has 3 aliphatic rings. The van der Waals surface area contributed by atoms with Crippen LogP contribution >= 0.6 is 0 Å². The molecule has 3 aliphatic heterocycles. The average molecular weight is 437 g/mol. The van der Waals surface area contributed by atoms with Gasteiger partial charge >= 0.3 is 0 Å². The molecule has 1 N–H and O–H groups in total. The first-order valence-electron chi connectivity index (χ1n) is 11.5. The second-order valence-electron chi connectivity index (χ2n) is 9.10.